The zero-order valence-corrected chi connectivity index (χ0v) is 12.7. The molecule has 1 unspecified atom stereocenters. The SMILES string of the molecule is C=C(SC=N)C(=O)C1=CC(Cl)C=CC=C1[N+](=O)[O-].CC. The smallest absolute Gasteiger partial charge is 0.280 e. The molecular formula is C13H15ClN2O3S. The fraction of sp³-hybridized carbons (Fsp3) is 0.231. The monoisotopic (exact) mass is 314 g/mol. The molecule has 0 aromatic carbocycles. The maximum atomic E-state index is 12.0. The van der Waals surface area contributed by atoms with Crippen LogP contribution in [0.15, 0.2) is 47.1 Å². The Balaban J connectivity index is 0.00000172. The molecule has 0 saturated heterocycles. The van der Waals surface area contributed by atoms with Crippen LogP contribution in [0.4, 0.5) is 0 Å². The molecule has 1 aliphatic carbocycles. The van der Waals surface area contributed by atoms with Gasteiger partial charge < -0.3 is 5.41 Å². The molecule has 1 aliphatic rings. The summed E-state index contributed by atoms with van der Waals surface area (Å²) in [4.78, 5) is 22.3. The van der Waals surface area contributed by atoms with Crippen LogP contribution in [0.2, 0.25) is 0 Å². The minimum absolute atomic E-state index is 0.0368. The van der Waals surface area contributed by atoms with Crippen LogP contribution in [0.1, 0.15) is 13.8 Å². The summed E-state index contributed by atoms with van der Waals surface area (Å²) in [6.07, 6.45) is 5.48. The average molecular weight is 315 g/mol. The van der Waals surface area contributed by atoms with E-state index < -0.39 is 16.1 Å². The van der Waals surface area contributed by atoms with Crippen molar-refractivity contribution in [1.82, 2.24) is 0 Å². The predicted molar refractivity (Wildman–Crippen MR) is 83.8 cm³/mol. The van der Waals surface area contributed by atoms with Gasteiger partial charge in [0, 0.05) is 6.08 Å². The summed E-state index contributed by atoms with van der Waals surface area (Å²) in [6.45, 7) is 7.48. The molecule has 0 aromatic rings. The Hall–Kier alpha value is -1.66. The predicted octanol–water partition coefficient (Wildman–Crippen LogP) is 3.70. The zero-order chi connectivity index (χ0) is 15.7. The van der Waals surface area contributed by atoms with Crippen molar-refractivity contribution >= 4 is 34.7 Å². The van der Waals surface area contributed by atoms with E-state index in [1.165, 1.54) is 24.3 Å². The third-order valence-corrected chi connectivity index (χ3v) is 2.91. The Labute approximate surface area is 126 Å². The molecule has 20 heavy (non-hydrogen) atoms. The fourth-order valence-electron chi connectivity index (χ4n) is 1.27. The van der Waals surface area contributed by atoms with Crippen LogP contribution in [0.25, 0.3) is 0 Å². The first-order valence-corrected chi connectivity index (χ1v) is 7.07. The quantitative estimate of drug-likeness (QED) is 0.209. The van der Waals surface area contributed by atoms with E-state index in [1.54, 1.807) is 0 Å². The summed E-state index contributed by atoms with van der Waals surface area (Å²) < 4.78 is 0. The van der Waals surface area contributed by atoms with Gasteiger partial charge in [-0.25, -0.2) is 0 Å². The Morgan fingerprint density at radius 2 is 2.20 bits per heavy atom. The van der Waals surface area contributed by atoms with Gasteiger partial charge in [-0.05, 0) is 6.08 Å². The van der Waals surface area contributed by atoms with Gasteiger partial charge in [0.05, 0.1) is 26.3 Å². The van der Waals surface area contributed by atoms with Gasteiger partial charge in [-0.3, -0.25) is 14.9 Å². The second-order valence-electron chi connectivity index (χ2n) is 3.21. The first-order valence-electron chi connectivity index (χ1n) is 5.75. The molecule has 0 bridgehead atoms. The van der Waals surface area contributed by atoms with Gasteiger partial charge in [0.2, 0.25) is 5.78 Å². The van der Waals surface area contributed by atoms with Gasteiger partial charge in [-0.1, -0.05) is 44.3 Å². The summed E-state index contributed by atoms with van der Waals surface area (Å²) in [5, 5.41) is 17.2. The molecule has 0 saturated carbocycles. The highest BCUT2D eigenvalue weighted by atomic mass is 35.5. The van der Waals surface area contributed by atoms with E-state index in [2.05, 4.69) is 6.58 Å². The molecule has 5 nitrogen and oxygen atoms in total. The van der Waals surface area contributed by atoms with E-state index in [0.29, 0.717) is 0 Å². The number of nitrogens with one attached hydrogen (secondary N) is 1. The van der Waals surface area contributed by atoms with E-state index in [1.807, 2.05) is 13.8 Å². The maximum absolute atomic E-state index is 12.0. The average Bonchev–Trinajstić information content (AvgIpc) is 2.62. The molecule has 0 radical (unpaired) electrons. The van der Waals surface area contributed by atoms with Gasteiger partial charge in [0.25, 0.3) is 5.70 Å². The number of Topliss-reactive ketones (excluding diaryl/α,β-unsaturated/α-hetero) is 1. The number of thioether (sulfide) groups is 1. The Morgan fingerprint density at radius 1 is 1.60 bits per heavy atom. The van der Waals surface area contributed by atoms with Crippen molar-refractivity contribution in [1.29, 1.82) is 5.41 Å². The second-order valence-corrected chi connectivity index (χ2v) is 4.67. The van der Waals surface area contributed by atoms with Crippen molar-refractivity contribution < 1.29 is 9.72 Å². The normalized spacial score (nSPS) is 16.9. The highest BCUT2D eigenvalue weighted by Crippen LogP contribution is 2.24. The first kappa shape index (κ1) is 18.3. The summed E-state index contributed by atoms with van der Waals surface area (Å²) in [6, 6.07) is 0. The van der Waals surface area contributed by atoms with Crippen LogP contribution in [0.5, 0.6) is 0 Å². The first-order chi connectivity index (χ1) is 9.47. The standard InChI is InChI=1S/C11H9ClN2O3S.C2H6/c1-7(18-6-13)11(15)9-5-8(12)3-2-4-10(9)14(16)17;1-2/h2-6,8,13H,1H2;1-2H3. The number of ketones is 1. The number of nitrogens with zero attached hydrogens (tertiary/aromatic N) is 1. The highest BCUT2D eigenvalue weighted by molar-refractivity contribution is 8.16. The number of nitro groups is 1. The lowest BCUT2D eigenvalue weighted by Gasteiger charge is -2.05. The van der Waals surface area contributed by atoms with E-state index in [-0.39, 0.29) is 16.2 Å². The van der Waals surface area contributed by atoms with Gasteiger partial charge in [-0.15, -0.1) is 11.6 Å². The highest BCUT2D eigenvalue weighted by Gasteiger charge is 2.27. The van der Waals surface area contributed by atoms with E-state index in [9.17, 15) is 14.9 Å². The van der Waals surface area contributed by atoms with Crippen molar-refractivity contribution in [2.75, 3.05) is 0 Å². The summed E-state index contributed by atoms with van der Waals surface area (Å²) in [5.41, 5.74) is 0.499. The number of alkyl halides is 1. The molecule has 1 N–H and O–H groups in total. The van der Waals surface area contributed by atoms with Crippen molar-refractivity contribution in [3.8, 4) is 0 Å². The molecule has 108 valence electrons. The van der Waals surface area contributed by atoms with Crippen molar-refractivity contribution in [2.45, 2.75) is 19.2 Å². The molecule has 7 heteroatoms. The van der Waals surface area contributed by atoms with Crippen LogP contribution in [-0.4, -0.2) is 21.6 Å². The third kappa shape index (κ3) is 5.14. The van der Waals surface area contributed by atoms with E-state index in [0.717, 1.165) is 17.3 Å². The van der Waals surface area contributed by atoms with Crippen molar-refractivity contribution in [3.63, 3.8) is 0 Å². The number of allylic oxidation sites excluding steroid dienone is 6. The molecular weight excluding hydrogens is 300 g/mol. The van der Waals surface area contributed by atoms with Gasteiger partial charge in [0.15, 0.2) is 0 Å². The molecule has 0 fully saturated rings. The minimum atomic E-state index is -0.647. The summed E-state index contributed by atoms with van der Waals surface area (Å²) in [7, 11) is 0. The van der Waals surface area contributed by atoms with Crippen LogP contribution in [0.3, 0.4) is 0 Å². The number of rotatable bonds is 5. The lowest BCUT2D eigenvalue weighted by molar-refractivity contribution is -0.420. The van der Waals surface area contributed by atoms with Crippen molar-refractivity contribution in [3.05, 3.63) is 57.2 Å². The van der Waals surface area contributed by atoms with Gasteiger partial charge in [0.1, 0.15) is 0 Å². The topological polar surface area (TPSA) is 84.1 Å². The molecule has 0 heterocycles. The number of hydrogen-bond donors (Lipinski definition) is 1. The van der Waals surface area contributed by atoms with Crippen molar-refractivity contribution in [2.24, 2.45) is 0 Å². The number of carbonyl (C=O) groups excluding carboxylic acids is 1. The largest absolute Gasteiger partial charge is 0.302 e. The lowest BCUT2D eigenvalue weighted by atomic mass is 10.1. The molecule has 0 aromatic heterocycles. The van der Waals surface area contributed by atoms with Crippen LogP contribution in [-0.2, 0) is 4.79 Å². The Bertz CT molecular complexity index is 510. The number of hydrogen-bond acceptors (Lipinski definition) is 5. The number of halogens is 1. The summed E-state index contributed by atoms with van der Waals surface area (Å²) >= 11 is 6.66. The Morgan fingerprint density at radius 3 is 2.70 bits per heavy atom. The maximum Gasteiger partial charge on any atom is 0.280 e. The fourth-order valence-corrected chi connectivity index (χ4v) is 1.84. The molecule has 0 spiro atoms. The zero-order valence-electron chi connectivity index (χ0n) is 11.1. The van der Waals surface area contributed by atoms with Gasteiger partial charge >= 0.3 is 0 Å². The second kappa shape index (κ2) is 9.28. The van der Waals surface area contributed by atoms with Crippen LogP contribution < -0.4 is 0 Å². The van der Waals surface area contributed by atoms with Crippen LogP contribution >= 0.6 is 23.4 Å². The molecule has 1 rings (SSSR count). The number of carbonyl (C=O) groups is 1. The molecule has 1 atom stereocenters. The minimum Gasteiger partial charge on any atom is -0.302 e. The van der Waals surface area contributed by atoms with E-state index >= 15 is 0 Å². The van der Waals surface area contributed by atoms with E-state index in [4.69, 9.17) is 17.0 Å². The molecule has 0 amide bonds. The van der Waals surface area contributed by atoms with Crippen LogP contribution in [0, 0.1) is 15.5 Å². The van der Waals surface area contributed by atoms with Gasteiger partial charge in [-0.2, -0.15) is 0 Å². The summed E-state index contributed by atoms with van der Waals surface area (Å²) in [5.74, 6) is -0.596. The third-order valence-electron chi connectivity index (χ3n) is 2.05. The Kier molecular flexibility index (Phi) is 8.51. The molecule has 0 aliphatic heterocycles. The lowest BCUT2D eigenvalue weighted by Crippen LogP contribution is -2.12.